The van der Waals surface area contributed by atoms with Gasteiger partial charge in [0.25, 0.3) is 0 Å². The third-order valence-corrected chi connectivity index (χ3v) is 10.7. The van der Waals surface area contributed by atoms with Gasteiger partial charge < -0.3 is 0 Å². The van der Waals surface area contributed by atoms with Crippen LogP contribution < -0.4 is 0 Å². The summed E-state index contributed by atoms with van der Waals surface area (Å²) in [5, 5.41) is 0. The topological polar surface area (TPSA) is 101 Å². The lowest BCUT2D eigenvalue weighted by molar-refractivity contribution is 1.25. The molecule has 4 heterocycles. The number of pyridine rings is 4. The molecule has 8 rings (SSSR count). The largest absolute Gasteiger partial charge is 0.255 e. The Bertz CT molecular complexity index is 2580. The molecular formula is C48H30Br4N8. The minimum atomic E-state index is 0.743. The van der Waals surface area contributed by atoms with Crippen LogP contribution in [0.2, 0.25) is 0 Å². The van der Waals surface area contributed by atoms with Crippen molar-refractivity contribution in [3.8, 4) is 33.4 Å². The van der Waals surface area contributed by atoms with Crippen molar-refractivity contribution < 1.29 is 0 Å². The molecule has 4 aromatic heterocycles. The summed E-state index contributed by atoms with van der Waals surface area (Å²) in [6.07, 6.45) is 7.00. The van der Waals surface area contributed by atoms with Crippen LogP contribution in [0.25, 0.3) is 33.4 Å². The predicted molar refractivity (Wildman–Crippen MR) is 260 cm³/mol. The lowest BCUT2D eigenvalue weighted by atomic mass is 9.97. The van der Waals surface area contributed by atoms with E-state index in [9.17, 15) is 0 Å². The van der Waals surface area contributed by atoms with Gasteiger partial charge in [0.05, 0.1) is 70.4 Å². The summed E-state index contributed by atoms with van der Waals surface area (Å²) < 4.78 is 2.99. The van der Waals surface area contributed by atoms with E-state index in [-0.39, 0.29) is 0 Å². The Morgan fingerprint density at radius 1 is 0.283 bits per heavy atom. The van der Waals surface area contributed by atoms with Crippen LogP contribution >= 0.6 is 63.7 Å². The van der Waals surface area contributed by atoms with Crippen LogP contribution in [-0.2, 0) is 0 Å². The van der Waals surface area contributed by atoms with Gasteiger partial charge in [0, 0.05) is 0 Å². The van der Waals surface area contributed by atoms with Crippen LogP contribution in [0.3, 0.4) is 0 Å². The first-order valence-electron chi connectivity index (χ1n) is 18.5. The maximum absolute atomic E-state index is 4.77. The van der Waals surface area contributed by atoms with Gasteiger partial charge in [-0.05, 0) is 182 Å². The molecule has 0 aliphatic carbocycles. The zero-order chi connectivity index (χ0) is 41.3. The highest BCUT2D eigenvalue weighted by atomic mass is 79.9. The summed E-state index contributed by atoms with van der Waals surface area (Å²) in [5.74, 6) is 0. The number of halogens is 4. The van der Waals surface area contributed by atoms with Gasteiger partial charge in [0.2, 0.25) is 0 Å². The van der Waals surface area contributed by atoms with Crippen LogP contribution in [0.15, 0.2) is 196 Å². The number of aromatic nitrogens is 4. The lowest BCUT2D eigenvalue weighted by Crippen LogP contribution is -1.88. The summed E-state index contributed by atoms with van der Waals surface area (Å²) >= 11 is 13.8. The number of hydrogen-bond donors (Lipinski definition) is 0. The molecule has 0 aliphatic heterocycles. The summed E-state index contributed by atoms with van der Waals surface area (Å²) in [5.41, 5.74) is 12.2. The summed E-state index contributed by atoms with van der Waals surface area (Å²) in [6.45, 7) is 0. The van der Waals surface area contributed by atoms with Crippen LogP contribution in [0.5, 0.6) is 0 Å². The highest BCUT2D eigenvalue weighted by Gasteiger charge is 2.08. The molecule has 4 aromatic carbocycles. The van der Waals surface area contributed by atoms with Crippen molar-refractivity contribution in [2.45, 2.75) is 0 Å². The van der Waals surface area contributed by atoms with Crippen LogP contribution in [0.1, 0.15) is 22.8 Å². The normalized spacial score (nSPS) is 11.7. The number of nitrogens with zero attached hydrogens (tertiary/aromatic N) is 8. The first-order valence-corrected chi connectivity index (χ1v) is 21.6. The summed E-state index contributed by atoms with van der Waals surface area (Å²) in [7, 11) is 0. The fourth-order valence-corrected chi connectivity index (χ4v) is 7.51. The number of hydrogen-bond acceptors (Lipinski definition) is 8. The predicted octanol–water partition coefficient (Wildman–Crippen LogP) is 14.3. The van der Waals surface area contributed by atoms with Crippen LogP contribution in [-0.4, -0.2) is 44.8 Å². The molecule has 0 saturated heterocycles. The second-order valence-corrected chi connectivity index (χ2v) is 16.5. The lowest BCUT2D eigenvalue weighted by Gasteiger charge is -2.09. The quantitative estimate of drug-likeness (QED) is 0.0951. The Labute approximate surface area is 380 Å². The second kappa shape index (κ2) is 19.4. The second-order valence-electron chi connectivity index (χ2n) is 13.2. The van der Waals surface area contributed by atoms with E-state index >= 15 is 0 Å². The maximum atomic E-state index is 4.77. The van der Waals surface area contributed by atoms with Crippen molar-refractivity contribution in [2.24, 2.45) is 20.0 Å². The zero-order valence-electron chi connectivity index (χ0n) is 31.4. The molecule has 290 valence electrons. The van der Waals surface area contributed by atoms with Gasteiger partial charge in [-0.2, -0.15) is 0 Å². The third kappa shape index (κ3) is 11.2. The Hall–Kier alpha value is -5.92. The van der Waals surface area contributed by atoms with Gasteiger partial charge in [0.1, 0.15) is 18.4 Å². The highest BCUT2D eigenvalue weighted by molar-refractivity contribution is 9.11. The van der Waals surface area contributed by atoms with Crippen molar-refractivity contribution in [1.82, 2.24) is 19.9 Å². The van der Waals surface area contributed by atoms with E-state index in [1.807, 2.05) is 84.9 Å². The van der Waals surface area contributed by atoms with Crippen molar-refractivity contribution in [3.05, 3.63) is 199 Å². The molecule has 0 saturated carbocycles. The van der Waals surface area contributed by atoms with Crippen molar-refractivity contribution in [3.63, 3.8) is 0 Å². The minimum absolute atomic E-state index is 0.743. The minimum Gasteiger partial charge on any atom is -0.255 e. The molecule has 60 heavy (non-hydrogen) atoms. The molecule has 0 radical (unpaired) electrons. The Kier molecular flexibility index (Phi) is 13.2. The SMILES string of the molecule is Brc1cccc(C=Nc2cc(N=Cc3cccc(Br)n3)cc(-c3ccc(-c4ccc(-c5cc(N=Cc6cccc(Br)n6)cc(N=Cc6cccc(Br)n6)c5)cc4)cc3)c2)n1. The number of aliphatic imine (C=N–C) groups is 4. The molecule has 0 atom stereocenters. The molecule has 0 aliphatic rings. The Balaban J connectivity index is 1.07. The van der Waals surface area contributed by atoms with E-state index in [1.54, 1.807) is 24.9 Å². The molecule has 12 heteroatoms. The molecule has 0 unspecified atom stereocenters. The molecule has 0 spiro atoms. The average molecular weight is 1040 g/mol. The van der Waals surface area contributed by atoms with Gasteiger partial charge in [-0.3, -0.25) is 20.0 Å². The van der Waals surface area contributed by atoms with Gasteiger partial charge in [-0.15, -0.1) is 0 Å². The van der Waals surface area contributed by atoms with Crippen LogP contribution in [0, 0.1) is 0 Å². The molecule has 0 fully saturated rings. The molecular weight excluding hydrogens is 1010 g/mol. The number of rotatable bonds is 11. The standard InChI is InChI=1S/C48H30Br4N8/c49-45-9-1-5-37(57-45)27-53-41-21-35(22-42(25-41)54-28-38-6-2-10-46(50)58-38)33-17-13-31(14-18-33)32-15-19-34(20-16-32)36-23-43(55-29-39-7-3-11-47(51)59-39)26-44(24-36)56-30-40-8-4-12-48(52)60-40/h1-30H. The molecule has 0 amide bonds. The van der Waals surface area contributed by atoms with E-state index < -0.39 is 0 Å². The monoisotopic (exact) mass is 1030 g/mol. The number of benzene rings is 4. The molecule has 0 N–H and O–H groups in total. The fraction of sp³-hybridized carbons (Fsp3) is 0. The molecule has 8 nitrogen and oxygen atoms in total. The molecule has 8 aromatic rings. The highest BCUT2D eigenvalue weighted by Crippen LogP contribution is 2.34. The third-order valence-electron chi connectivity index (χ3n) is 8.91. The van der Waals surface area contributed by atoms with Crippen molar-refractivity contribution in [1.29, 1.82) is 0 Å². The molecule has 0 bridgehead atoms. The Morgan fingerprint density at radius 3 is 0.750 bits per heavy atom. The average Bonchev–Trinajstić information content (AvgIpc) is 3.26. The Morgan fingerprint density at radius 2 is 0.517 bits per heavy atom. The maximum Gasteiger partial charge on any atom is 0.106 e. The fourth-order valence-electron chi connectivity index (χ4n) is 6.08. The zero-order valence-corrected chi connectivity index (χ0v) is 37.8. The first kappa shape index (κ1) is 40.8. The van der Waals surface area contributed by atoms with E-state index in [0.29, 0.717) is 0 Å². The van der Waals surface area contributed by atoms with Gasteiger partial charge in [0.15, 0.2) is 0 Å². The van der Waals surface area contributed by atoms with E-state index in [4.69, 9.17) is 20.0 Å². The van der Waals surface area contributed by atoms with Crippen molar-refractivity contribution >= 4 is 111 Å². The summed E-state index contributed by atoms with van der Waals surface area (Å²) in [6, 6.07) is 52.0. The van der Waals surface area contributed by atoms with E-state index in [2.05, 4.69) is 156 Å². The summed E-state index contributed by atoms with van der Waals surface area (Å²) in [4.78, 5) is 37.0. The van der Waals surface area contributed by atoms with Gasteiger partial charge >= 0.3 is 0 Å². The smallest absolute Gasteiger partial charge is 0.106 e. The van der Waals surface area contributed by atoms with Crippen LogP contribution in [0.4, 0.5) is 22.7 Å². The van der Waals surface area contributed by atoms with Crippen molar-refractivity contribution in [2.75, 3.05) is 0 Å². The van der Waals surface area contributed by atoms with E-state index in [0.717, 1.165) is 97.3 Å². The van der Waals surface area contributed by atoms with Gasteiger partial charge in [-0.25, -0.2) is 19.9 Å². The first-order chi connectivity index (χ1) is 29.3. The van der Waals surface area contributed by atoms with Gasteiger partial charge in [-0.1, -0.05) is 72.8 Å². The van der Waals surface area contributed by atoms with E-state index in [1.165, 1.54) is 0 Å².